The Morgan fingerprint density at radius 1 is 1.35 bits per heavy atom. The Morgan fingerprint density at radius 2 is 2.05 bits per heavy atom. The number of carboxylic acids is 1. The minimum atomic E-state index is -1.04. The second kappa shape index (κ2) is 8.36. The highest BCUT2D eigenvalue weighted by atomic mass is 35.5. The van der Waals surface area contributed by atoms with Crippen molar-refractivity contribution in [3.8, 4) is 0 Å². The standard InChI is InChI=1S/C12H14Cl2N2O3S/c13-8-2-1-7(5-9(8)14)16-11(17)6-20-4-3-10(15)12(18)19/h1-2,5,10H,3-4,6,15H2,(H,16,17)(H,18,19). The van der Waals surface area contributed by atoms with Crippen LogP contribution < -0.4 is 11.1 Å². The summed E-state index contributed by atoms with van der Waals surface area (Å²) < 4.78 is 0. The van der Waals surface area contributed by atoms with Gasteiger partial charge in [0.1, 0.15) is 6.04 Å². The van der Waals surface area contributed by atoms with Crippen LogP contribution >= 0.6 is 35.0 Å². The molecule has 1 amide bonds. The van der Waals surface area contributed by atoms with Crippen molar-refractivity contribution in [1.82, 2.24) is 0 Å². The quantitative estimate of drug-likeness (QED) is 0.665. The first-order chi connectivity index (χ1) is 9.40. The van der Waals surface area contributed by atoms with E-state index in [2.05, 4.69) is 5.32 Å². The first-order valence-electron chi connectivity index (χ1n) is 5.71. The van der Waals surface area contributed by atoms with Crippen LogP contribution in [-0.2, 0) is 9.59 Å². The van der Waals surface area contributed by atoms with Crippen LogP contribution in [0.15, 0.2) is 18.2 Å². The number of hydrogen-bond acceptors (Lipinski definition) is 4. The average Bonchev–Trinajstić information content (AvgIpc) is 2.38. The topological polar surface area (TPSA) is 92.4 Å². The molecule has 1 unspecified atom stereocenters. The molecule has 1 atom stereocenters. The Kier molecular flexibility index (Phi) is 7.15. The van der Waals surface area contributed by atoms with Crippen molar-refractivity contribution in [1.29, 1.82) is 0 Å². The number of aliphatic carboxylic acids is 1. The van der Waals surface area contributed by atoms with E-state index in [4.69, 9.17) is 34.0 Å². The Balaban J connectivity index is 2.30. The number of anilines is 1. The minimum absolute atomic E-state index is 0.197. The largest absolute Gasteiger partial charge is 0.480 e. The van der Waals surface area contributed by atoms with Gasteiger partial charge >= 0.3 is 5.97 Å². The number of carboxylic acid groups (broad SMARTS) is 1. The van der Waals surface area contributed by atoms with Crippen LogP contribution in [0.1, 0.15) is 6.42 Å². The summed E-state index contributed by atoms with van der Waals surface area (Å²) in [6, 6.07) is 3.92. The van der Waals surface area contributed by atoms with Gasteiger partial charge in [0, 0.05) is 5.69 Å². The molecule has 0 saturated carbocycles. The van der Waals surface area contributed by atoms with Gasteiger partial charge in [-0.2, -0.15) is 11.8 Å². The van der Waals surface area contributed by atoms with Crippen molar-refractivity contribution >= 4 is 52.5 Å². The van der Waals surface area contributed by atoms with Crippen molar-refractivity contribution in [2.45, 2.75) is 12.5 Å². The molecule has 0 aliphatic rings. The number of carbonyl (C=O) groups excluding carboxylic acids is 1. The lowest BCUT2D eigenvalue weighted by molar-refractivity contribution is -0.138. The van der Waals surface area contributed by atoms with Gasteiger partial charge in [-0.15, -0.1) is 0 Å². The first kappa shape index (κ1) is 17.1. The van der Waals surface area contributed by atoms with Gasteiger partial charge in [-0.25, -0.2) is 0 Å². The number of amides is 1. The molecule has 0 aliphatic heterocycles. The third-order valence-electron chi connectivity index (χ3n) is 2.33. The normalized spacial score (nSPS) is 11.9. The molecule has 0 aromatic heterocycles. The monoisotopic (exact) mass is 336 g/mol. The number of halogens is 2. The molecule has 110 valence electrons. The SMILES string of the molecule is NC(CCSCC(=O)Nc1ccc(Cl)c(Cl)c1)C(=O)O. The summed E-state index contributed by atoms with van der Waals surface area (Å²) in [5.41, 5.74) is 5.91. The highest BCUT2D eigenvalue weighted by Crippen LogP contribution is 2.25. The van der Waals surface area contributed by atoms with Gasteiger partial charge in [0.15, 0.2) is 0 Å². The van der Waals surface area contributed by atoms with Crippen molar-refractivity contribution in [2.24, 2.45) is 5.73 Å². The molecule has 0 radical (unpaired) electrons. The number of nitrogens with two attached hydrogens (primary N) is 1. The van der Waals surface area contributed by atoms with Gasteiger partial charge in [0.25, 0.3) is 0 Å². The summed E-state index contributed by atoms with van der Waals surface area (Å²) in [6.45, 7) is 0. The second-order valence-electron chi connectivity index (χ2n) is 3.96. The fourth-order valence-corrected chi connectivity index (χ4v) is 2.39. The predicted molar refractivity (Wildman–Crippen MR) is 82.6 cm³/mol. The van der Waals surface area contributed by atoms with Gasteiger partial charge in [-0.3, -0.25) is 9.59 Å². The Morgan fingerprint density at radius 3 is 2.65 bits per heavy atom. The molecule has 0 fully saturated rings. The van der Waals surface area contributed by atoms with Gasteiger partial charge < -0.3 is 16.2 Å². The molecular weight excluding hydrogens is 323 g/mol. The number of thioether (sulfide) groups is 1. The third-order valence-corrected chi connectivity index (χ3v) is 4.06. The van der Waals surface area contributed by atoms with Crippen molar-refractivity contribution in [3.05, 3.63) is 28.2 Å². The first-order valence-corrected chi connectivity index (χ1v) is 7.62. The lowest BCUT2D eigenvalue weighted by Gasteiger charge is -2.07. The molecule has 0 bridgehead atoms. The van der Waals surface area contributed by atoms with Crippen LogP contribution in [0.2, 0.25) is 10.0 Å². The highest BCUT2D eigenvalue weighted by Gasteiger charge is 2.11. The molecule has 8 heteroatoms. The van der Waals surface area contributed by atoms with Crippen LogP contribution in [0.5, 0.6) is 0 Å². The smallest absolute Gasteiger partial charge is 0.320 e. The number of nitrogens with one attached hydrogen (secondary N) is 1. The summed E-state index contributed by atoms with van der Waals surface area (Å²) in [7, 11) is 0. The molecule has 0 heterocycles. The Hall–Kier alpha value is -0.950. The summed E-state index contributed by atoms with van der Waals surface area (Å²) in [6.07, 6.45) is 0.319. The molecular formula is C12H14Cl2N2O3S. The summed E-state index contributed by atoms with van der Waals surface area (Å²) in [5, 5.41) is 12.1. The Labute approximate surface area is 130 Å². The van der Waals surface area contributed by atoms with E-state index in [1.165, 1.54) is 11.8 Å². The lowest BCUT2D eigenvalue weighted by Crippen LogP contribution is -2.30. The molecule has 5 nitrogen and oxygen atoms in total. The van der Waals surface area contributed by atoms with Crippen molar-refractivity contribution < 1.29 is 14.7 Å². The fourth-order valence-electron chi connectivity index (χ4n) is 1.27. The van der Waals surface area contributed by atoms with E-state index in [1.54, 1.807) is 18.2 Å². The lowest BCUT2D eigenvalue weighted by atomic mass is 10.2. The molecule has 1 aromatic carbocycles. The fraction of sp³-hybridized carbons (Fsp3) is 0.333. The van der Waals surface area contributed by atoms with Crippen LogP contribution in [0.3, 0.4) is 0 Å². The maximum Gasteiger partial charge on any atom is 0.320 e. The van der Waals surface area contributed by atoms with Gasteiger partial charge in [-0.05, 0) is 30.4 Å². The highest BCUT2D eigenvalue weighted by molar-refractivity contribution is 7.99. The van der Waals surface area contributed by atoms with Gasteiger partial charge in [0.2, 0.25) is 5.91 Å². The number of hydrogen-bond donors (Lipinski definition) is 3. The molecule has 20 heavy (non-hydrogen) atoms. The molecule has 1 rings (SSSR count). The van der Waals surface area contributed by atoms with E-state index in [0.29, 0.717) is 27.9 Å². The van der Waals surface area contributed by atoms with E-state index in [9.17, 15) is 9.59 Å². The summed E-state index contributed by atoms with van der Waals surface area (Å²) in [5.74, 6) is -0.516. The zero-order valence-electron chi connectivity index (χ0n) is 10.4. The second-order valence-corrected chi connectivity index (χ2v) is 5.88. The van der Waals surface area contributed by atoms with Gasteiger partial charge in [0.05, 0.1) is 15.8 Å². The molecule has 1 aromatic rings. The van der Waals surface area contributed by atoms with Crippen LogP contribution in [0.25, 0.3) is 0 Å². The van der Waals surface area contributed by atoms with Crippen LogP contribution in [0.4, 0.5) is 5.69 Å². The van der Waals surface area contributed by atoms with E-state index in [-0.39, 0.29) is 11.7 Å². The van der Waals surface area contributed by atoms with E-state index in [1.807, 2.05) is 0 Å². The zero-order chi connectivity index (χ0) is 15.1. The number of carbonyl (C=O) groups is 2. The molecule has 0 spiro atoms. The summed E-state index contributed by atoms with van der Waals surface area (Å²) in [4.78, 5) is 22.1. The third kappa shape index (κ3) is 6.00. The molecule has 0 aliphatic carbocycles. The number of rotatable bonds is 7. The van der Waals surface area contributed by atoms with Crippen LogP contribution in [0, 0.1) is 0 Å². The van der Waals surface area contributed by atoms with Crippen molar-refractivity contribution in [2.75, 3.05) is 16.8 Å². The van der Waals surface area contributed by atoms with E-state index < -0.39 is 12.0 Å². The predicted octanol–water partition coefficient (Wildman–Crippen LogP) is 2.47. The maximum atomic E-state index is 11.6. The van der Waals surface area contributed by atoms with Crippen LogP contribution in [-0.4, -0.2) is 34.5 Å². The Bertz CT molecular complexity index is 500. The molecule has 0 saturated heterocycles. The summed E-state index contributed by atoms with van der Waals surface area (Å²) >= 11 is 12.9. The number of benzene rings is 1. The zero-order valence-corrected chi connectivity index (χ0v) is 12.8. The van der Waals surface area contributed by atoms with Crippen molar-refractivity contribution in [3.63, 3.8) is 0 Å². The van der Waals surface area contributed by atoms with E-state index >= 15 is 0 Å². The average molecular weight is 337 g/mol. The van der Waals surface area contributed by atoms with Gasteiger partial charge in [-0.1, -0.05) is 23.2 Å². The van der Waals surface area contributed by atoms with E-state index in [0.717, 1.165) is 0 Å². The molecule has 4 N–H and O–H groups in total. The minimum Gasteiger partial charge on any atom is -0.480 e. The maximum absolute atomic E-state index is 11.6.